The predicted octanol–water partition coefficient (Wildman–Crippen LogP) is 5.53. The molecule has 2 aromatic rings. The van der Waals surface area contributed by atoms with Crippen LogP contribution in [0.15, 0.2) is 54.6 Å². The van der Waals surface area contributed by atoms with Crippen molar-refractivity contribution in [3.8, 4) is 0 Å². The monoisotopic (exact) mass is 299 g/mol. The van der Waals surface area contributed by atoms with E-state index in [1.807, 2.05) is 12.1 Å². The Kier molecular flexibility index (Phi) is 4.62. The second kappa shape index (κ2) is 6.64. The molecule has 2 unspecified atom stereocenters. The highest BCUT2D eigenvalue weighted by atomic mass is 35.5. The van der Waals surface area contributed by atoms with Crippen LogP contribution in [0.25, 0.3) is 0 Å². The molecule has 0 saturated heterocycles. The van der Waals surface area contributed by atoms with Crippen LogP contribution in [-0.4, -0.2) is 0 Å². The van der Waals surface area contributed by atoms with Crippen LogP contribution < -0.4 is 5.32 Å². The van der Waals surface area contributed by atoms with Gasteiger partial charge in [-0.15, -0.1) is 0 Å². The van der Waals surface area contributed by atoms with Gasteiger partial charge in [-0.2, -0.15) is 0 Å². The van der Waals surface area contributed by atoms with E-state index in [1.165, 1.54) is 24.0 Å². The number of benzene rings is 2. The van der Waals surface area contributed by atoms with Gasteiger partial charge in [0, 0.05) is 17.1 Å². The maximum absolute atomic E-state index is 6.00. The molecule has 0 aromatic heterocycles. The lowest BCUT2D eigenvalue weighted by atomic mass is 9.98. The summed E-state index contributed by atoms with van der Waals surface area (Å²) in [5, 5.41) is 4.68. The van der Waals surface area contributed by atoms with Gasteiger partial charge in [-0.3, -0.25) is 0 Å². The van der Waals surface area contributed by atoms with Crippen molar-refractivity contribution < 1.29 is 0 Å². The van der Waals surface area contributed by atoms with Crippen molar-refractivity contribution in [2.24, 2.45) is 5.92 Å². The molecular formula is C19H22ClN. The molecule has 2 atom stereocenters. The molecule has 1 fully saturated rings. The molecule has 3 rings (SSSR count). The number of nitrogens with one attached hydrogen (secondary N) is 1. The first-order chi connectivity index (χ1) is 10.3. The van der Waals surface area contributed by atoms with Crippen molar-refractivity contribution in [2.45, 2.75) is 38.3 Å². The Morgan fingerprint density at radius 1 is 1.00 bits per heavy atom. The first-order valence-corrected chi connectivity index (χ1v) is 8.22. The minimum absolute atomic E-state index is 0.382. The van der Waals surface area contributed by atoms with Gasteiger partial charge in [-0.25, -0.2) is 0 Å². The average molecular weight is 300 g/mol. The quantitative estimate of drug-likeness (QED) is 0.739. The summed E-state index contributed by atoms with van der Waals surface area (Å²) in [6.07, 6.45) is 3.75. The summed E-state index contributed by atoms with van der Waals surface area (Å²) in [7, 11) is 0. The minimum Gasteiger partial charge on any atom is -0.303 e. The van der Waals surface area contributed by atoms with E-state index in [9.17, 15) is 0 Å². The summed E-state index contributed by atoms with van der Waals surface area (Å²) < 4.78 is 0. The van der Waals surface area contributed by atoms with Gasteiger partial charge < -0.3 is 5.32 Å². The number of rotatable bonds is 6. The zero-order valence-corrected chi connectivity index (χ0v) is 13.2. The first kappa shape index (κ1) is 14.6. The minimum atomic E-state index is 0.382. The Morgan fingerprint density at radius 2 is 1.67 bits per heavy atom. The second-order valence-corrected chi connectivity index (χ2v) is 6.34. The molecule has 0 aliphatic heterocycles. The Balaban J connectivity index is 1.79. The fraction of sp³-hybridized carbons (Fsp3) is 0.368. The van der Waals surface area contributed by atoms with Gasteiger partial charge in [0.1, 0.15) is 0 Å². The van der Waals surface area contributed by atoms with E-state index in [0.29, 0.717) is 12.1 Å². The van der Waals surface area contributed by atoms with E-state index in [1.54, 1.807) is 0 Å². The number of hydrogen-bond donors (Lipinski definition) is 1. The van der Waals surface area contributed by atoms with Crippen LogP contribution in [0.4, 0.5) is 0 Å². The van der Waals surface area contributed by atoms with Crippen molar-refractivity contribution in [3.05, 3.63) is 70.7 Å². The Hall–Kier alpha value is -1.31. The first-order valence-electron chi connectivity index (χ1n) is 7.84. The largest absolute Gasteiger partial charge is 0.303 e. The van der Waals surface area contributed by atoms with E-state index in [-0.39, 0.29) is 0 Å². The third-order valence-electron chi connectivity index (χ3n) is 4.31. The SMILES string of the molecule is CCC(NC(c1ccccc1)C1CC1)c1ccc(Cl)cc1. The van der Waals surface area contributed by atoms with Crippen molar-refractivity contribution in [1.82, 2.24) is 5.32 Å². The fourth-order valence-corrected chi connectivity index (χ4v) is 3.08. The van der Waals surface area contributed by atoms with Crippen LogP contribution >= 0.6 is 11.6 Å². The van der Waals surface area contributed by atoms with E-state index >= 15 is 0 Å². The van der Waals surface area contributed by atoms with Gasteiger partial charge in [-0.05, 0) is 48.4 Å². The molecular weight excluding hydrogens is 278 g/mol. The van der Waals surface area contributed by atoms with Crippen LogP contribution in [0, 0.1) is 5.92 Å². The maximum Gasteiger partial charge on any atom is 0.0406 e. The molecule has 0 spiro atoms. The van der Waals surface area contributed by atoms with Gasteiger partial charge >= 0.3 is 0 Å². The van der Waals surface area contributed by atoms with Crippen LogP contribution in [-0.2, 0) is 0 Å². The Labute approximate surface area is 132 Å². The molecule has 0 heterocycles. The molecule has 0 bridgehead atoms. The number of hydrogen-bond acceptors (Lipinski definition) is 1. The predicted molar refractivity (Wildman–Crippen MR) is 89.5 cm³/mol. The zero-order valence-electron chi connectivity index (χ0n) is 12.4. The molecule has 1 saturated carbocycles. The molecule has 0 amide bonds. The van der Waals surface area contributed by atoms with Crippen molar-refractivity contribution in [3.63, 3.8) is 0 Å². The lowest BCUT2D eigenvalue weighted by Gasteiger charge is -2.26. The number of halogens is 1. The van der Waals surface area contributed by atoms with E-state index < -0.39 is 0 Å². The lowest BCUT2D eigenvalue weighted by molar-refractivity contribution is 0.402. The van der Waals surface area contributed by atoms with E-state index in [0.717, 1.165) is 17.4 Å². The van der Waals surface area contributed by atoms with Gasteiger partial charge in [0.2, 0.25) is 0 Å². The lowest BCUT2D eigenvalue weighted by Crippen LogP contribution is -2.27. The summed E-state index contributed by atoms with van der Waals surface area (Å²) in [5.74, 6) is 0.786. The van der Waals surface area contributed by atoms with Gasteiger partial charge in [0.15, 0.2) is 0 Å². The molecule has 110 valence electrons. The molecule has 2 aromatic carbocycles. The molecule has 21 heavy (non-hydrogen) atoms. The third-order valence-corrected chi connectivity index (χ3v) is 4.57. The van der Waals surface area contributed by atoms with Crippen LogP contribution in [0.2, 0.25) is 5.02 Å². The molecule has 0 radical (unpaired) electrons. The summed E-state index contributed by atoms with van der Waals surface area (Å²) in [5.41, 5.74) is 2.73. The maximum atomic E-state index is 6.00. The summed E-state index contributed by atoms with van der Waals surface area (Å²) in [6.45, 7) is 2.24. The fourth-order valence-electron chi connectivity index (χ4n) is 2.96. The highest BCUT2D eigenvalue weighted by Crippen LogP contribution is 2.42. The van der Waals surface area contributed by atoms with Crippen molar-refractivity contribution in [2.75, 3.05) is 0 Å². The van der Waals surface area contributed by atoms with Gasteiger partial charge in [0.25, 0.3) is 0 Å². The van der Waals surface area contributed by atoms with Crippen LogP contribution in [0.1, 0.15) is 49.4 Å². The summed E-state index contributed by atoms with van der Waals surface area (Å²) >= 11 is 6.00. The van der Waals surface area contributed by atoms with Gasteiger partial charge in [-0.1, -0.05) is 61.0 Å². The summed E-state index contributed by atoms with van der Waals surface area (Å²) in [6, 6.07) is 19.9. The molecule has 2 heteroatoms. The van der Waals surface area contributed by atoms with Crippen molar-refractivity contribution in [1.29, 1.82) is 0 Å². The zero-order chi connectivity index (χ0) is 14.7. The van der Waals surface area contributed by atoms with Gasteiger partial charge in [0.05, 0.1) is 0 Å². The molecule has 1 aliphatic carbocycles. The molecule has 1 N–H and O–H groups in total. The average Bonchev–Trinajstić information content (AvgIpc) is 3.35. The van der Waals surface area contributed by atoms with E-state index in [2.05, 4.69) is 54.7 Å². The second-order valence-electron chi connectivity index (χ2n) is 5.90. The van der Waals surface area contributed by atoms with Crippen LogP contribution in [0.3, 0.4) is 0 Å². The summed E-state index contributed by atoms with van der Waals surface area (Å²) in [4.78, 5) is 0. The highest BCUT2D eigenvalue weighted by Gasteiger charge is 2.33. The van der Waals surface area contributed by atoms with Crippen molar-refractivity contribution >= 4 is 11.6 Å². The smallest absolute Gasteiger partial charge is 0.0406 e. The van der Waals surface area contributed by atoms with E-state index in [4.69, 9.17) is 11.6 Å². The Morgan fingerprint density at radius 3 is 2.24 bits per heavy atom. The Bertz CT molecular complexity index is 560. The van der Waals surface area contributed by atoms with Crippen LogP contribution in [0.5, 0.6) is 0 Å². The molecule has 1 nitrogen and oxygen atoms in total. The standard InChI is InChI=1S/C19H22ClN/c1-2-18(14-10-12-17(20)13-11-14)21-19(16-8-9-16)15-6-4-3-5-7-15/h3-7,10-13,16,18-19,21H,2,8-9H2,1H3. The highest BCUT2D eigenvalue weighted by molar-refractivity contribution is 6.30. The normalized spacial score (nSPS) is 17.4. The topological polar surface area (TPSA) is 12.0 Å². The third kappa shape index (κ3) is 3.66. The molecule has 1 aliphatic rings.